The van der Waals surface area contributed by atoms with Crippen molar-refractivity contribution in [2.45, 2.75) is 137 Å². The Labute approximate surface area is 352 Å². The second kappa shape index (κ2) is 19.5. The second-order valence-electron chi connectivity index (χ2n) is 16.4. The molecule has 2 aliphatic rings. The average Bonchev–Trinajstić information content (AvgIpc) is 3.56. The highest BCUT2D eigenvalue weighted by Crippen LogP contribution is 2.42. The van der Waals surface area contributed by atoms with E-state index in [9.17, 15) is 48.6 Å². The molecule has 1 aromatic carbocycles. The highest BCUT2D eigenvalue weighted by molar-refractivity contribution is 5.92. The third-order valence-electron chi connectivity index (χ3n) is 10.9. The summed E-state index contributed by atoms with van der Waals surface area (Å²) in [4.78, 5) is 107. The maximum absolute atomic E-state index is 14.1. The molecule has 0 saturated carbocycles. The fourth-order valence-electron chi connectivity index (χ4n) is 7.88. The molecule has 0 fully saturated rings. The van der Waals surface area contributed by atoms with Crippen molar-refractivity contribution < 1.29 is 58.0 Å². The predicted molar refractivity (Wildman–Crippen MR) is 219 cm³/mol. The number of aryl methyl sites for hydroxylation is 1. The monoisotopic (exact) mass is 846 g/mol. The van der Waals surface area contributed by atoms with E-state index in [1.165, 1.54) is 4.57 Å². The van der Waals surface area contributed by atoms with Gasteiger partial charge in [0.25, 0.3) is 5.56 Å². The number of carbonyl (C=O) groups is 7. The number of nitrogens with one attached hydrogen (secondary N) is 2. The Hall–Kier alpha value is -6.13. The second-order valence-corrected chi connectivity index (χ2v) is 16.4. The largest absolute Gasteiger partial charge is 0.480 e. The summed E-state index contributed by atoms with van der Waals surface area (Å²) in [6.07, 6.45) is 0.917. The zero-order valence-electron chi connectivity index (χ0n) is 35.4. The number of aliphatic carboxylic acids is 2. The fraction of sp³-hybridized carbons (Fsp3) is 0.523. The first-order valence-corrected chi connectivity index (χ1v) is 20.8. The van der Waals surface area contributed by atoms with Crippen LogP contribution in [-0.4, -0.2) is 73.5 Å². The molecule has 328 valence electrons. The van der Waals surface area contributed by atoms with Gasteiger partial charge in [0.15, 0.2) is 0 Å². The molecule has 17 heteroatoms. The Morgan fingerprint density at radius 3 is 2.05 bits per heavy atom. The first-order chi connectivity index (χ1) is 28.9. The van der Waals surface area contributed by atoms with Crippen LogP contribution in [0.25, 0.3) is 22.3 Å². The lowest BCUT2D eigenvalue weighted by Crippen LogP contribution is -2.47. The van der Waals surface area contributed by atoms with Crippen molar-refractivity contribution in [1.82, 2.24) is 20.2 Å². The number of benzene rings is 1. The number of esters is 3. The Morgan fingerprint density at radius 1 is 0.836 bits per heavy atom. The number of hydrogen-bond acceptors (Lipinski definition) is 12. The zero-order valence-corrected chi connectivity index (χ0v) is 35.4. The normalized spacial score (nSPS) is 16.2. The van der Waals surface area contributed by atoms with Crippen LogP contribution in [0.2, 0.25) is 0 Å². The number of amides is 2. The summed E-state index contributed by atoms with van der Waals surface area (Å²) in [6, 6.07) is 4.55. The van der Waals surface area contributed by atoms with Gasteiger partial charge < -0.3 is 39.6 Å². The summed E-state index contributed by atoms with van der Waals surface area (Å²) in [5.74, 6) is -5.28. The molecule has 3 atom stereocenters. The van der Waals surface area contributed by atoms with Crippen molar-refractivity contribution in [1.29, 1.82) is 0 Å². The van der Waals surface area contributed by atoms with Crippen LogP contribution >= 0.6 is 0 Å². The summed E-state index contributed by atoms with van der Waals surface area (Å²) >= 11 is 0. The Balaban J connectivity index is 1.32. The number of rotatable bonds is 20. The minimum atomic E-state index is -1.99. The van der Waals surface area contributed by atoms with Crippen LogP contribution < -0.4 is 20.9 Å². The Kier molecular flexibility index (Phi) is 14.7. The number of nitrogens with zero attached hydrogens (tertiary/aromatic N) is 2. The molecule has 0 aliphatic carbocycles. The number of carboxylic acids is 2. The van der Waals surface area contributed by atoms with Gasteiger partial charge in [0, 0.05) is 35.8 Å². The maximum atomic E-state index is 14.1. The lowest BCUT2D eigenvalue weighted by Gasteiger charge is -2.35. The molecule has 5 rings (SSSR count). The number of cyclic esters (lactones) is 1. The molecule has 17 nitrogen and oxygen atoms in total. The van der Waals surface area contributed by atoms with Crippen molar-refractivity contribution in [3.05, 3.63) is 56.9 Å². The number of aromatic nitrogens is 2. The SMILES string of the molecule is CCc1c2c(nc3ccc(OC(=O)CCCCC(=O)N[C@@H](CC(C)C)C(=O)O)cc13)-c1cc3c(c(=O)n1C2)COC(=O)[C@@]3(CC)OC(=O)CCC(=O)N[C@@H](CC(C)C)C(=O)O. The van der Waals surface area contributed by atoms with E-state index in [0.717, 1.165) is 11.1 Å². The highest BCUT2D eigenvalue weighted by atomic mass is 16.6. The minimum absolute atomic E-state index is 0.00620. The Morgan fingerprint density at radius 2 is 1.46 bits per heavy atom. The zero-order chi connectivity index (χ0) is 44.8. The minimum Gasteiger partial charge on any atom is -0.480 e. The number of carboxylic acid groups (broad SMARTS) is 2. The van der Waals surface area contributed by atoms with Gasteiger partial charge in [0.05, 0.1) is 35.4 Å². The highest BCUT2D eigenvalue weighted by Gasteiger charge is 2.50. The third kappa shape index (κ3) is 10.4. The molecule has 0 saturated heterocycles. The summed E-state index contributed by atoms with van der Waals surface area (Å²) in [6.45, 7) is 10.7. The van der Waals surface area contributed by atoms with Gasteiger partial charge in [-0.05, 0) is 80.2 Å². The maximum Gasteiger partial charge on any atom is 0.355 e. The number of fused-ring (bicyclic) bond motifs is 5. The fourth-order valence-corrected chi connectivity index (χ4v) is 7.88. The van der Waals surface area contributed by atoms with Crippen LogP contribution in [0, 0.1) is 11.8 Å². The van der Waals surface area contributed by atoms with Crippen LogP contribution in [0.4, 0.5) is 0 Å². The van der Waals surface area contributed by atoms with Gasteiger partial charge in [0.2, 0.25) is 17.4 Å². The summed E-state index contributed by atoms with van der Waals surface area (Å²) < 4.78 is 18.4. The predicted octanol–water partition coefficient (Wildman–Crippen LogP) is 4.67. The molecule has 0 unspecified atom stereocenters. The molecule has 0 bridgehead atoms. The molecule has 2 aromatic heterocycles. The molecular formula is C44H54N4O13. The molecular weight excluding hydrogens is 792 g/mol. The van der Waals surface area contributed by atoms with Crippen molar-refractivity contribution in [3.63, 3.8) is 0 Å². The first-order valence-electron chi connectivity index (χ1n) is 20.8. The van der Waals surface area contributed by atoms with E-state index in [4.69, 9.17) is 19.2 Å². The van der Waals surface area contributed by atoms with Gasteiger partial charge in [-0.1, -0.05) is 41.5 Å². The van der Waals surface area contributed by atoms with E-state index in [1.54, 1.807) is 31.2 Å². The van der Waals surface area contributed by atoms with Gasteiger partial charge >= 0.3 is 29.8 Å². The number of hydrogen-bond donors (Lipinski definition) is 4. The third-order valence-corrected chi connectivity index (χ3v) is 10.9. The lowest BCUT2D eigenvalue weighted by molar-refractivity contribution is -0.189. The van der Waals surface area contributed by atoms with Gasteiger partial charge in [-0.25, -0.2) is 19.4 Å². The van der Waals surface area contributed by atoms with Crippen LogP contribution in [0.15, 0.2) is 29.1 Å². The molecule has 0 radical (unpaired) electrons. The quantitative estimate of drug-likeness (QED) is 0.0537. The molecule has 2 amide bonds. The summed E-state index contributed by atoms with van der Waals surface area (Å²) in [5, 5.41) is 24.5. The Bertz CT molecular complexity index is 2300. The van der Waals surface area contributed by atoms with Crippen LogP contribution in [0.5, 0.6) is 5.75 Å². The first kappa shape index (κ1) is 45.9. The number of ether oxygens (including phenoxy) is 3. The average molecular weight is 847 g/mol. The van der Waals surface area contributed by atoms with E-state index in [-0.39, 0.29) is 67.5 Å². The molecule has 2 aliphatic heterocycles. The molecule has 61 heavy (non-hydrogen) atoms. The van der Waals surface area contributed by atoms with Gasteiger partial charge in [-0.2, -0.15) is 0 Å². The number of pyridine rings is 2. The standard InChI is InChI=1S/C44H54N4O13/c1-7-26-27-19-25(60-37(51)12-10-9-11-35(49)45-32(41(54)55)17-23(3)4)13-14-31(27)47-39-28(26)21-48-34(39)20-30-29(40(48)53)22-59-43(58)44(30,8-2)61-38(52)16-15-36(50)46-33(42(56)57)18-24(5)6/h13-14,19-20,23-24,32-33H,7-12,15-18,21-22H2,1-6H3,(H,45,49)(H,46,50)(H,54,55)(H,56,57)/t32-,33-,44-/m0/s1. The van der Waals surface area contributed by atoms with E-state index in [0.29, 0.717) is 48.0 Å². The van der Waals surface area contributed by atoms with Crippen molar-refractivity contribution in [2.75, 3.05) is 0 Å². The number of unbranched alkanes of at least 4 members (excludes halogenated alkanes) is 1. The molecule has 4 heterocycles. The van der Waals surface area contributed by atoms with Crippen LogP contribution in [0.1, 0.15) is 122 Å². The summed E-state index contributed by atoms with van der Waals surface area (Å²) in [5.41, 5.74) is 0.927. The van der Waals surface area contributed by atoms with Crippen molar-refractivity contribution >= 4 is 52.6 Å². The summed E-state index contributed by atoms with van der Waals surface area (Å²) in [7, 11) is 0. The van der Waals surface area contributed by atoms with Crippen LogP contribution in [0.3, 0.4) is 0 Å². The van der Waals surface area contributed by atoms with E-state index in [1.807, 2.05) is 34.6 Å². The van der Waals surface area contributed by atoms with Gasteiger partial charge in [0.1, 0.15) is 24.4 Å². The molecule has 4 N–H and O–H groups in total. The topological polar surface area (TPSA) is 247 Å². The lowest BCUT2D eigenvalue weighted by atomic mass is 9.85. The van der Waals surface area contributed by atoms with Crippen molar-refractivity contribution in [3.8, 4) is 17.1 Å². The smallest absolute Gasteiger partial charge is 0.355 e. The molecule has 0 spiro atoms. The van der Waals surface area contributed by atoms with E-state index >= 15 is 0 Å². The van der Waals surface area contributed by atoms with E-state index < -0.39 is 77.7 Å². The van der Waals surface area contributed by atoms with E-state index in [2.05, 4.69) is 10.6 Å². The van der Waals surface area contributed by atoms with Gasteiger partial charge in [-0.15, -0.1) is 0 Å². The van der Waals surface area contributed by atoms with Crippen molar-refractivity contribution in [2.24, 2.45) is 11.8 Å². The van der Waals surface area contributed by atoms with Gasteiger partial charge in [-0.3, -0.25) is 24.0 Å². The number of carbonyl (C=O) groups excluding carboxylic acids is 5. The van der Waals surface area contributed by atoms with Crippen LogP contribution in [-0.2, 0) is 68.2 Å². The molecule has 3 aromatic rings.